The van der Waals surface area contributed by atoms with E-state index in [0.29, 0.717) is 11.7 Å². The van der Waals surface area contributed by atoms with Crippen LogP contribution in [0.15, 0.2) is 18.2 Å². The first kappa shape index (κ1) is 15.6. The molecule has 1 unspecified atom stereocenters. The average molecular weight is 294 g/mol. The molecule has 1 aromatic carbocycles. The van der Waals surface area contributed by atoms with Gasteiger partial charge in [-0.1, -0.05) is 0 Å². The van der Waals surface area contributed by atoms with Crippen molar-refractivity contribution in [2.45, 2.75) is 32.8 Å². The predicted octanol–water partition coefficient (Wildman–Crippen LogP) is 2.59. The Hall–Kier alpha value is -1.82. The first-order chi connectivity index (χ1) is 9.99. The molecule has 1 aromatic rings. The quantitative estimate of drug-likeness (QED) is 0.644. The maximum atomic E-state index is 11.1. The molecule has 0 radical (unpaired) electrons. The molecule has 1 N–H and O–H groups in total. The minimum atomic E-state index is -0.391. The fourth-order valence-electron chi connectivity index (χ4n) is 2.68. The Bertz CT molecular complexity index is 504. The summed E-state index contributed by atoms with van der Waals surface area (Å²) in [6.07, 6.45) is 1.75. The fraction of sp³-hybridized carbons (Fsp3) is 0.600. The Morgan fingerprint density at radius 3 is 2.86 bits per heavy atom. The summed E-state index contributed by atoms with van der Waals surface area (Å²) in [6.45, 7) is 5.65. The number of hydrogen-bond donors (Lipinski definition) is 1. The Labute approximate surface area is 124 Å². The summed E-state index contributed by atoms with van der Waals surface area (Å²) < 4.78 is 5.61. The summed E-state index contributed by atoms with van der Waals surface area (Å²) in [6, 6.07) is 4.91. The molecular weight excluding hydrogens is 272 g/mol. The van der Waals surface area contributed by atoms with E-state index >= 15 is 0 Å². The Morgan fingerprint density at radius 1 is 1.48 bits per heavy atom. The molecule has 0 spiro atoms. The van der Waals surface area contributed by atoms with Crippen LogP contribution in [0.1, 0.15) is 26.7 Å². The first-order valence-electron chi connectivity index (χ1n) is 7.31. The van der Waals surface area contributed by atoms with Crippen LogP contribution >= 0.6 is 0 Å². The second kappa shape index (κ2) is 6.76. The highest BCUT2D eigenvalue weighted by Gasteiger charge is 2.24. The molecule has 1 saturated heterocycles. The molecule has 0 aromatic heterocycles. The molecule has 1 aliphatic rings. The second-order valence-electron chi connectivity index (χ2n) is 5.72. The lowest BCUT2D eigenvalue weighted by Crippen LogP contribution is -2.20. The van der Waals surface area contributed by atoms with E-state index < -0.39 is 4.92 Å². The lowest BCUT2D eigenvalue weighted by atomic mass is 10.1. The van der Waals surface area contributed by atoms with Gasteiger partial charge in [0.2, 0.25) is 0 Å². The molecule has 116 valence electrons. The Morgan fingerprint density at radius 2 is 2.24 bits per heavy atom. The van der Waals surface area contributed by atoms with Gasteiger partial charge in [0.1, 0.15) is 5.75 Å². The number of anilines is 1. The van der Waals surface area contributed by atoms with Crippen molar-refractivity contribution in [2.75, 3.05) is 24.6 Å². The van der Waals surface area contributed by atoms with E-state index in [1.807, 2.05) is 19.9 Å². The number of hydrogen-bond acceptors (Lipinski definition) is 5. The lowest BCUT2D eigenvalue weighted by molar-refractivity contribution is -0.384. The number of aliphatic hydroxyl groups is 1. The van der Waals surface area contributed by atoms with Gasteiger partial charge in [0.05, 0.1) is 17.1 Å². The van der Waals surface area contributed by atoms with Crippen LogP contribution in [0.25, 0.3) is 0 Å². The zero-order chi connectivity index (χ0) is 15.4. The van der Waals surface area contributed by atoms with Crippen molar-refractivity contribution in [3.05, 3.63) is 28.3 Å². The zero-order valence-electron chi connectivity index (χ0n) is 12.5. The first-order valence-corrected chi connectivity index (χ1v) is 7.31. The number of nitro benzene ring substituents is 1. The van der Waals surface area contributed by atoms with Crippen LogP contribution in [-0.2, 0) is 0 Å². The molecule has 1 aliphatic heterocycles. The van der Waals surface area contributed by atoms with Crippen molar-refractivity contribution >= 4 is 11.4 Å². The van der Waals surface area contributed by atoms with E-state index in [2.05, 4.69) is 4.90 Å². The number of nitro groups is 1. The van der Waals surface area contributed by atoms with Crippen LogP contribution in [0, 0.1) is 16.0 Å². The van der Waals surface area contributed by atoms with Crippen LogP contribution in [-0.4, -0.2) is 35.8 Å². The largest absolute Gasteiger partial charge is 0.491 e. The number of benzene rings is 1. The summed E-state index contributed by atoms with van der Waals surface area (Å²) in [5.74, 6) is 0.975. The number of nitrogens with zero attached hydrogens (tertiary/aromatic N) is 2. The van der Waals surface area contributed by atoms with Crippen LogP contribution in [0.5, 0.6) is 5.75 Å². The highest BCUT2D eigenvalue weighted by Crippen LogP contribution is 2.32. The molecule has 0 saturated carbocycles. The van der Waals surface area contributed by atoms with Crippen LogP contribution in [0.3, 0.4) is 0 Å². The lowest BCUT2D eigenvalue weighted by Gasteiger charge is -2.20. The summed E-state index contributed by atoms with van der Waals surface area (Å²) in [5, 5.41) is 20.1. The molecule has 0 bridgehead atoms. The third-order valence-electron chi connectivity index (χ3n) is 3.65. The third-order valence-corrected chi connectivity index (χ3v) is 3.65. The summed E-state index contributed by atoms with van der Waals surface area (Å²) >= 11 is 0. The van der Waals surface area contributed by atoms with Gasteiger partial charge in [-0.15, -0.1) is 0 Å². The van der Waals surface area contributed by atoms with E-state index in [-0.39, 0.29) is 18.4 Å². The maximum Gasteiger partial charge on any atom is 0.275 e. The molecular formula is C15H22N2O4. The maximum absolute atomic E-state index is 11.1. The molecule has 21 heavy (non-hydrogen) atoms. The van der Waals surface area contributed by atoms with Crippen LogP contribution in [0.4, 0.5) is 11.4 Å². The van der Waals surface area contributed by atoms with Gasteiger partial charge in [0.15, 0.2) is 0 Å². The standard InChI is InChI=1S/C15H22N2O4/c1-11(2)21-15-8-13(7-14(9-15)17(19)20)16-5-3-12(10-16)4-6-18/h7-9,11-12,18H,3-6,10H2,1-2H3. The van der Waals surface area contributed by atoms with E-state index in [9.17, 15) is 10.1 Å². The Kier molecular flexibility index (Phi) is 5.01. The highest BCUT2D eigenvalue weighted by molar-refractivity contribution is 5.58. The van der Waals surface area contributed by atoms with Gasteiger partial charge < -0.3 is 14.7 Å². The number of non-ortho nitro benzene ring substituents is 1. The van der Waals surface area contributed by atoms with Crippen molar-refractivity contribution in [3.63, 3.8) is 0 Å². The van der Waals surface area contributed by atoms with E-state index in [0.717, 1.165) is 31.6 Å². The van der Waals surface area contributed by atoms with Gasteiger partial charge in [0, 0.05) is 37.5 Å². The molecule has 0 aliphatic carbocycles. The minimum absolute atomic E-state index is 0.0273. The van der Waals surface area contributed by atoms with E-state index in [1.165, 1.54) is 6.07 Å². The van der Waals surface area contributed by atoms with Gasteiger partial charge in [-0.2, -0.15) is 0 Å². The van der Waals surface area contributed by atoms with Gasteiger partial charge in [-0.25, -0.2) is 0 Å². The SMILES string of the molecule is CC(C)Oc1cc(N2CCC(CCO)C2)cc([N+](=O)[O-])c1. The summed E-state index contributed by atoms with van der Waals surface area (Å²) in [5.41, 5.74) is 0.869. The normalized spacial score (nSPS) is 18.3. The smallest absolute Gasteiger partial charge is 0.275 e. The van der Waals surface area contributed by atoms with Crippen LogP contribution < -0.4 is 9.64 Å². The number of aliphatic hydroxyl groups excluding tert-OH is 1. The molecule has 1 heterocycles. The molecule has 6 nitrogen and oxygen atoms in total. The van der Waals surface area contributed by atoms with Crippen molar-refractivity contribution < 1.29 is 14.8 Å². The van der Waals surface area contributed by atoms with E-state index in [4.69, 9.17) is 9.84 Å². The van der Waals surface area contributed by atoms with Gasteiger partial charge in [-0.3, -0.25) is 10.1 Å². The monoisotopic (exact) mass is 294 g/mol. The van der Waals surface area contributed by atoms with E-state index in [1.54, 1.807) is 6.07 Å². The predicted molar refractivity (Wildman–Crippen MR) is 80.9 cm³/mol. The molecule has 1 fully saturated rings. The third kappa shape index (κ3) is 4.07. The van der Waals surface area contributed by atoms with Crippen LogP contribution in [0.2, 0.25) is 0 Å². The highest BCUT2D eigenvalue weighted by atomic mass is 16.6. The average Bonchev–Trinajstić information content (AvgIpc) is 2.86. The topological polar surface area (TPSA) is 75.8 Å². The molecule has 0 amide bonds. The van der Waals surface area contributed by atoms with Gasteiger partial charge in [0.25, 0.3) is 5.69 Å². The summed E-state index contributed by atoms with van der Waals surface area (Å²) in [7, 11) is 0. The van der Waals surface area contributed by atoms with Crippen molar-refractivity contribution in [3.8, 4) is 5.75 Å². The van der Waals surface area contributed by atoms with Crippen molar-refractivity contribution in [2.24, 2.45) is 5.92 Å². The number of rotatable bonds is 6. The number of ether oxygens (including phenoxy) is 1. The zero-order valence-corrected chi connectivity index (χ0v) is 12.5. The second-order valence-corrected chi connectivity index (χ2v) is 5.72. The van der Waals surface area contributed by atoms with Gasteiger partial charge in [-0.05, 0) is 32.6 Å². The van der Waals surface area contributed by atoms with Crippen molar-refractivity contribution in [1.29, 1.82) is 0 Å². The Balaban J connectivity index is 2.22. The molecule has 2 rings (SSSR count). The summed E-state index contributed by atoms with van der Waals surface area (Å²) in [4.78, 5) is 12.8. The molecule has 6 heteroatoms. The molecule has 1 atom stereocenters. The fourth-order valence-corrected chi connectivity index (χ4v) is 2.68. The van der Waals surface area contributed by atoms with Crippen molar-refractivity contribution in [1.82, 2.24) is 0 Å². The van der Waals surface area contributed by atoms with Gasteiger partial charge >= 0.3 is 0 Å². The minimum Gasteiger partial charge on any atom is -0.491 e.